The highest BCUT2D eigenvalue weighted by molar-refractivity contribution is 5.99. The van der Waals surface area contributed by atoms with Gasteiger partial charge in [0.1, 0.15) is 0 Å². The van der Waals surface area contributed by atoms with E-state index in [2.05, 4.69) is 0 Å². The van der Waals surface area contributed by atoms with E-state index in [4.69, 9.17) is 5.73 Å². The van der Waals surface area contributed by atoms with Gasteiger partial charge >= 0.3 is 6.03 Å². The average Bonchev–Trinajstić information content (AvgIpc) is 2.75. The van der Waals surface area contributed by atoms with Gasteiger partial charge in [-0.3, -0.25) is 14.6 Å². The van der Waals surface area contributed by atoms with Crippen molar-refractivity contribution in [1.82, 2.24) is 4.90 Å². The largest absolute Gasteiger partial charge is 0.331 e. The summed E-state index contributed by atoms with van der Waals surface area (Å²) in [5.74, 6) is 0. The van der Waals surface area contributed by atoms with Crippen molar-refractivity contribution >= 4 is 18.1 Å². The molecule has 1 aromatic carbocycles. The molecule has 1 aromatic rings. The van der Waals surface area contributed by atoms with Crippen LogP contribution in [0.3, 0.4) is 0 Å². The molecule has 0 saturated carbocycles. The summed E-state index contributed by atoms with van der Waals surface area (Å²) in [6.07, 6.45) is 2.03. The molecule has 5 nitrogen and oxygen atoms in total. The zero-order valence-corrected chi connectivity index (χ0v) is 11.1. The van der Waals surface area contributed by atoms with Gasteiger partial charge in [0.05, 0.1) is 0 Å². The topological polar surface area (TPSA) is 66.6 Å². The number of rotatable bonds is 4. The van der Waals surface area contributed by atoms with E-state index in [1.807, 2.05) is 31.2 Å². The van der Waals surface area contributed by atoms with Crippen LogP contribution >= 0.6 is 0 Å². The molecule has 3 amide bonds. The maximum Gasteiger partial charge on any atom is 0.331 e. The molecule has 1 aliphatic rings. The first-order chi connectivity index (χ1) is 9.19. The Morgan fingerprint density at radius 3 is 2.95 bits per heavy atom. The van der Waals surface area contributed by atoms with Gasteiger partial charge in [-0.05, 0) is 37.9 Å². The zero-order chi connectivity index (χ0) is 13.8. The van der Waals surface area contributed by atoms with Crippen molar-refractivity contribution < 1.29 is 9.59 Å². The maximum absolute atomic E-state index is 12.4. The van der Waals surface area contributed by atoms with E-state index < -0.39 is 0 Å². The average molecular weight is 261 g/mol. The summed E-state index contributed by atoms with van der Waals surface area (Å²) in [5.41, 5.74) is 7.47. The van der Waals surface area contributed by atoms with Crippen molar-refractivity contribution in [1.29, 1.82) is 0 Å². The molecular formula is C14H19N3O2. The number of nitrogens with zero attached hydrogens (tertiary/aromatic N) is 2. The number of fused-ring (bicyclic) bond motifs is 1. The number of carbonyl (C=O) groups excluding carboxylic acids is 2. The van der Waals surface area contributed by atoms with Gasteiger partial charge < -0.3 is 5.73 Å². The number of amides is 3. The normalized spacial score (nSPS) is 17.2. The van der Waals surface area contributed by atoms with Crippen molar-refractivity contribution in [3.05, 3.63) is 29.8 Å². The van der Waals surface area contributed by atoms with Gasteiger partial charge in [-0.1, -0.05) is 18.2 Å². The molecule has 0 bridgehead atoms. The molecule has 19 heavy (non-hydrogen) atoms. The van der Waals surface area contributed by atoms with Crippen LogP contribution in [0.4, 0.5) is 10.5 Å². The SMILES string of the molecule is CC1Cc2ccccc2N1C(=O)N(C=O)CCCN. The summed E-state index contributed by atoms with van der Waals surface area (Å²) in [5, 5.41) is 0. The fourth-order valence-corrected chi connectivity index (χ4v) is 2.45. The number of anilines is 1. The minimum Gasteiger partial charge on any atom is -0.330 e. The molecule has 1 aliphatic heterocycles. The van der Waals surface area contributed by atoms with Gasteiger partial charge in [0.15, 0.2) is 0 Å². The van der Waals surface area contributed by atoms with E-state index in [1.165, 1.54) is 4.90 Å². The lowest BCUT2D eigenvalue weighted by Gasteiger charge is -2.27. The van der Waals surface area contributed by atoms with Crippen LogP contribution in [0.2, 0.25) is 0 Å². The van der Waals surface area contributed by atoms with Crippen LogP contribution < -0.4 is 10.6 Å². The minimum atomic E-state index is -0.263. The minimum absolute atomic E-state index is 0.0743. The van der Waals surface area contributed by atoms with Crippen molar-refractivity contribution in [3.8, 4) is 0 Å². The second kappa shape index (κ2) is 5.84. The van der Waals surface area contributed by atoms with E-state index >= 15 is 0 Å². The van der Waals surface area contributed by atoms with E-state index in [1.54, 1.807) is 4.90 Å². The summed E-state index contributed by atoms with van der Waals surface area (Å²) in [7, 11) is 0. The number of hydrogen-bond acceptors (Lipinski definition) is 3. The molecule has 0 fully saturated rings. The molecule has 0 spiro atoms. The van der Waals surface area contributed by atoms with Crippen molar-refractivity contribution in [3.63, 3.8) is 0 Å². The highest BCUT2D eigenvalue weighted by atomic mass is 16.2. The smallest absolute Gasteiger partial charge is 0.330 e. The number of urea groups is 1. The molecule has 102 valence electrons. The van der Waals surface area contributed by atoms with Gasteiger partial charge in [-0.25, -0.2) is 4.79 Å². The number of carbonyl (C=O) groups is 2. The highest BCUT2D eigenvalue weighted by Gasteiger charge is 2.33. The Kier molecular flexibility index (Phi) is 4.16. The van der Waals surface area contributed by atoms with Crippen LogP contribution in [0.5, 0.6) is 0 Å². The maximum atomic E-state index is 12.4. The van der Waals surface area contributed by atoms with Gasteiger partial charge in [-0.15, -0.1) is 0 Å². The van der Waals surface area contributed by atoms with Gasteiger partial charge in [-0.2, -0.15) is 0 Å². The Bertz CT molecular complexity index is 476. The first kappa shape index (κ1) is 13.5. The standard InChI is InChI=1S/C14H19N3O2/c1-11-9-12-5-2-3-6-13(12)17(11)14(19)16(10-18)8-4-7-15/h2-3,5-6,10-11H,4,7-9,15H2,1H3. The monoisotopic (exact) mass is 261 g/mol. The van der Waals surface area contributed by atoms with Gasteiger partial charge in [0.2, 0.25) is 6.41 Å². The predicted molar refractivity (Wildman–Crippen MR) is 73.9 cm³/mol. The van der Waals surface area contributed by atoms with Crippen LogP contribution in [-0.2, 0) is 11.2 Å². The summed E-state index contributed by atoms with van der Waals surface area (Å²) in [6.45, 7) is 2.82. The fourth-order valence-electron chi connectivity index (χ4n) is 2.45. The second-order valence-corrected chi connectivity index (χ2v) is 4.78. The number of para-hydroxylation sites is 1. The lowest BCUT2D eigenvalue weighted by molar-refractivity contribution is -0.115. The summed E-state index contributed by atoms with van der Waals surface area (Å²) in [4.78, 5) is 26.4. The Morgan fingerprint density at radius 1 is 1.53 bits per heavy atom. The first-order valence-corrected chi connectivity index (χ1v) is 6.52. The number of hydrogen-bond donors (Lipinski definition) is 1. The third-order valence-corrected chi connectivity index (χ3v) is 3.39. The zero-order valence-electron chi connectivity index (χ0n) is 11.1. The molecule has 0 aliphatic carbocycles. The van der Waals surface area contributed by atoms with E-state index in [9.17, 15) is 9.59 Å². The predicted octanol–water partition coefficient (Wildman–Crippen LogP) is 1.36. The molecule has 1 heterocycles. The molecular weight excluding hydrogens is 242 g/mol. The van der Waals surface area contributed by atoms with E-state index in [0.717, 1.165) is 17.7 Å². The van der Waals surface area contributed by atoms with Crippen LogP contribution in [0.15, 0.2) is 24.3 Å². The summed E-state index contributed by atoms with van der Waals surface area (Å²) >= 11 is 0. The molecule has 1 unspecified atom stereocenters. The van der Waals surface area contributed by atoms with Crippen LogP contribution in [0.25, 0.3) is 0 Å². The summed E-state index contributed by atoms with van der Waals surface area (Å²) < 4.78 is 0. The van der Waals surface area contributed by atoms with Crippen LogP contribution in [0, 0.1) is 0 Å². The van der Waals surface area contributed by atoms with Crippen LogP contribution in [-0.4, -0.2) is 36.5 Å². The Morgan fingerprint density at radius 2 is 2.26 bits per heavy atom. The molecule has 2 rings (SSSR count). The quantitative estimate of drug-likeness (QED) is 0.832. The highest BCUT2D eigenvalue weighted by Crippen LogP contribution is 2.32. The van der Waals surface area contributed by atoms with E-state index in [0.29, 0.717) is 25.9 Å². The number of nitrogens with two attached hydrogens (primary N) is 1. The third kappa shape index (κ3) is 2.61. The van der Waals surface area contributed by atoms with Crippen LogP contribution in [0.1, 0.15) is 18.9 Å². The summed E-state index contributed by atoms with van der Waals surface area (Å²) in [6, 6.07) is 7.62. The first-order valence-electron chi connectivity index (χ1n) is 6.52. The molecule has 0 aromatic heterocycles. The Labute approximate surface area is 113 Å². The van der Waals surface area contributed by atoms with Gasteiger partial charge in [0.25, 0.3) is 0 Å². The Hall–Kier alpha value is -1.88. The van der Waals surface area contributed by atoms with Crippen molar-refractivity contribution in [2.45, 2.75) is 25.8 Å². The lowest BCUT2D eigenvalue weighted by Crippen LogP contribution is -2.46. The van der Waals surface area contributed by atoms with E-state index in [-0.39, 0.29) is 12.1 Å². The molecule has 0 radical (unpaired) electrons. The number of benzene rings is 1. The lowest BCUT2D eigenvalue weighted by atomic mass is 10.1. The van der Waals surface area contributed by atoms with Gasteiger partial charge in [0, 0.05) is 18.3 Å². The number of imide groups is 1. The molecule has 1 atom stereocenters. The molecule has 5 heteroatoms. The Balaban J connectivity index is 2.21. The molecule has 2 N–H and O–H groups in total. The second-order valence-electron chi connectivity index (χ2n) is 4.78. The third-order valence-electron chi connectivity index (χ3n) is 3.39. The fraction of sp³-hybridized carbons (Fsp3) is 0.429. The van der Waals surface area contributed by atoms with Crippen molar-refractivity contribution in [2.75, 3.05) is 18.0 Å². The molecule has 0 saturated heterocycles. The van der Waals surface area contributed by atoms with Crippen molar-refractivity contribution in [2.24, 2.45) is 5.73 Å².